The number of unbranched alkanes of at least 4 members (excludes halogenated alkanes) is 27. The van der Waals surface area contributed by atoms with Crippen molar-refractivity contribution in [3.05, 3.63) is 72.9 Å². The number of nitrogens with one attached hydrogen (secondary N) is 1. The molecule has 1 aliphatic rings. The fraction of sp³-hybridized carbons (Fsp3) is 0.780. The number of aliphatic hydroxyl groups is 5. The Hall–Kier alpha value is -2.37. The summed E-state index contributed by atoms with van der Waals surface area (Å²) < 4.78 is 11.3. The molecule has 0 spiro atoms. The fourth-order valence-electron chi connectivity index (χ4n) is 8.58. The highest BCUT2D eigenvalue weighted by Gasteiger charge is 2.44. The third-order valence-electron chi connectivity index (χ3n) is 13.0. The number of carbonyl (C=O) groups is 1. The molecule has 0 radical (unpaired) electrons. The number of rotatable bonds is 47. The predicted octanol–water partition coefficient (Wildman–Crippen LogP) is 13.7. The van der Waals surface area contributed by atoms with Gasteiger partial charge in [0.05, 0.1) is 25.4 Å². The van der Waals surface area contributed by atoms with E-state index in [1.165, 1.54) is 141 Å². The molecule has 6 N–H and O–H groups in total. The Kier molecular flexibility index (Phi) is 45.2. The summed E-state index contributed by atoms with van der Waals surface area (Å²) in [4.78, 5) is 13.0. The van der Waals surface area contributed by atoms with Gasteiger partial charge in [0.1, 0.15) is 24.4 Å². The quantitative estimate of drug-likeness (QED) is 0.0261. The molecule has 1 saturated heterocycles. The molecule has 0 bridgehead atoms. The zero-order valence-electron chi connectivity index (χ0n) is 43.6. The summed E-state index contributed by atoms with van der Waals surface area (Å²) in [5, 5.41) is 54.5. The second kappa shape index (κ2) is 48.3. The van der Waals surface area contributed by atoms with Crippen LogP contribution in [0.3, 0.4) is 0 Å². The van der Waals surface area contributed by atoms with Crippen molar-refractivity contribution >= 4 is 5.91 Å². The SMILES string of the molecule is CC/C=C\C/C=C\C/C=C\C/C=C\CCCCCCCCCCCCC(=O)NC(COC1OC(CO)C(O)C(O)C1O)C(O)/C=C/CC/C=C/CCCCCCCCCCCCCCCCCC. The Morgan fingerprint density at radius 3 is 1.41 bits per heavy atom. The zero-order chi connectivity index (χ0) is 49.4. The molecule has 1 fully saturated rings. The van der Waals surface area contributed by atoms with Gasteiger partial charge >= 0.3 is 0 Å². The van der Waals surface area contributed by atoms with Gasteiger partial charge in [0.25, 0.3) is 0 Å². The highest BCUT2D eigenvalue weighted by atomic mass is 16.7. The molecule has 0 aromatic carbocycles. The number of allylic oxidation sites excluding steroid dienone is 11. The molecule has 9 nitrogen and oxygen atoms in total. The predicted molar refractivity (Wildman–Crippen MR) is 285 cm³/mol. The van der Waals surface area contributed by atoms with E-state index in [2.05, 4.69) is 79.9 Å². The largest absolute Gasteiger partial charge is 0.394 e. The molecule has 1 amide bonds. The van der Waals surface area contributed by atoms with Crippen LogP contribution in [0.1, 0.15) is 239 Å². The maximum absolute atomic E-state index is 13.0. The van der Waals surface area contributed by atoms with E-state index in [0.29, 0.717) is 6.42 Å². The molecule has 1 aliphatic heterocycles. The molecule has 0 saturated carbocycles. The van der Waals surface area contributed by atoms with Crippen LogP contribution in [-0.4, -0.2) is 87.5 Å². The first-order chi connectivity index (χ1) is 33.3. The van der Waals surface area contributed by atoms with Crippen LogP contribution in [0.15, 0.2) is 72.9 Å². The molecule has 394 valence electrons. The summed E-state index contributed by atoms with van der Waals surface area (Å²) in [6.07, 6.45) is 59.6. The number of aliphatic hydroxyl groups excluding tert-OH is 5. The monoisotopic (exact) mass is 956 g/mol. The van der Waals surface area contributed by atoms with Gasteiger partial charge in [0, 0.05) is 6.42 Å². The van der Waals surface area contributed by atoms with E-state index < -0.39 is 49.5 Å². The number of ether oxygens (including phenoxy) is 2. The Labute approximate surface area is 417 Å². The first-order valence-electron chi connectivity index (χ1n) is 28.2. The van der Waals surface area contributed by atoms with Gasteiger partial charge in [0.15, 0.2) is 6.29 Å². The zero-order valence-corrected chi connectivity index (χ0v) is 43.6. The normalized spacial score (nSPS) is 20.1. The summed E-state index contributed by atoms with van der Waals surface area (Å²) in [5.74, 6) is -0.192. The van der Waals surface area contributed by atoms with Gasteiger partial charge in [-0.2, -0.15) is 0 Å². The van der Waals surface area contributed by atoms with Crippen molar-refractivity contribution in [1.82, 2.24) is 5.32 Å². The summed E-state index contributed by atoms with van der Waals surface area (Å²) in [6.45, 7) is 3.66. The number of hydrogen-bond donors (Lipinski definition) is 6. The third-order valence-corrected chi connectivity index (χ3v) is 13.0. The van der Waals surface area contributed by atoms with Gasteiger partial charge < -0.3 is 40.3 Å². The molecule has 68 heavy (non-hydrogen) atoms. The smallest absolute Gasteiger partial charge is 0.220 e. The van der Waals surface area contributed by atoms with Gasteiger partial charge in [0.2, 0.25) is 5.91 Å². The van der Waals surface area contributed by atoms with Crippen LogP contribution in [0.4, 0.5) is 0 Å². The first kappa shape index (κ1) is 63.6. The van der Waals surface area contributed by atoms with Crippen molar-refractivity contribution in [1.29, 1.82) is 0 Å². The van der Waals surface area contributed by atoms with Crippen molar-refractivity contribution < 1.29 is 39.8 Å². The number of hydrogen-bond acceptors (Lipinski definition) is 8. The van der Waals surface area contributed by atoms with Gasteiger partial charge in [-0.05, 0) is 70.6 Å². The lowest BCUT2D eigenvalue weighted by Crippen LogP contribution is -2.60. The molecule has 1 heterocycles. The highest BCUT2D eigenvalue weighted by molar-refractivity contribution is 5.76. The second-order valence-corrected chi connectivity index (χ2v) is 19.3. The summed E-state index contributed by atoms with van der Waals surface area (Å²) in [6, 6.07) is -0.828. The van der Waals surface area contributed by atoms with E-state index in [4.69, 9.17) is 9.47 Å². The first-order valence-corrected chi connectivity index (χ1v) is 28.2. The van der Waals surface area contributed by atoms with E-state index >= 15 is 0 Å². The van der Waals surface area contributed by atoms with Crippen LogP contribution in [0.2, 0.25) is 0 Å². The molecular formula is C59H105NO8. The minimum atomic E-state index is -1.58. The summed E-state index contributed by atoms with van der Waals surface area (Å²) in [5.41, 5.74) is 0. The van der Waals surface area contributed by atoms with Crippen LogP contribution < -0.4 is 5.32 Å². The van der Waals surface area contributed by atoms with E-state index in [9.17, 15) is 30.3 Å². The van der Waals surface area contributed by atoms with Crippen LogP contribution in [-0.2, 0) is 14.3 Å². The lowest BCUT2D eigenvalue weighted by Gasteiger charge is -2.40. The van der Waals surface area contributed by atoms with Crippen LogP contribution in [0.25, 0.3) is 0 Å². The second-order valence-electron chi connectivity index (χ2n) is 19.3. The van der Waals surface area contributed by atoms with Crippen molar-refractivity contribution in [3.8, 4) is 0 Å². The van der Waals surface area contributed by atoms with Crippen LogP contribution in [0.5, 0.6) is 0 Å². The molecule has 9 heteroatoms. The summed E-state index contributed by atoms with van der Waals surface area (Å²) in [7, 11) is 0. The maximum atomic E-state index is 13.0. The van der Waals surface area contributed by atoms with Crippen LogP contribution in [0, 0.1) is 0 Å². The molecule has 0 aromatic heterocycles. The molecule has 0 aromatic rings. The van der Waals surface area contributed by atoms with E-state index in [1.807, 2.05) is 6.08 Å². The Balaban J connectivity index is 2.28. The third kappa shape index (κ3) is 37.5. The van der Waals surface area contributed by atoms with Crippen molar-refractivity contribution in [2.24, 2.45) is 0 Å². The Bertz CT molecular complexity index is 1290. The topological polar surface area (TPSA) is 149 Å². The van der Waals surface area contributed by atoms with E-state index in [0.717, 1.165) is 77.0 Å². The van der Waals surface area contributed by atoms with Gasteiger partial charge in [-0.3, -0.25) is 4.79 Å². The fourth-order valence-corrected chi connectivity index (χ4v) is 8.58. The van der Waals surface area contributed by atoms with Crippen molar-refractivity contribution in [2.75, 3.05) is 13.2 Å². The minimum absolute atomic E-state index is 0.192. The number of amides is 1. The number of carbonyl (C=O) groups excluding carboxylic acids is 1. The summed E-state index contributed by atoms with van der Waals surface area (Å²) >= 11 is 0. The Morgan fingerprint density at radius 2 is 0.926 bits per heavy atom. The van der Waals surface area contributed by atoms with Crippen molar-refractivity contribution in [3.63, 3.8) is 0 Å². The highest BCUT2D eigenvalue weighted by Crippen LogP contribution is 2.23. The van der Waals surface area contributed by atoms with E-state index in [-0.39, 0.29) is 12.5 Å². The van der Waals surface area contributed by atoms with Crippen molar-refractivity contribution in [2.45, 2.75) is 281 Å². The Morgan fingerprint density at radius 1 is 0.515 bits per heavy atom. The van der Waals surface area contributed by atoms with E-state index in [1.54, 1.807) is 6.08 Å². The lowest BCUT2D eigenvalue weighted by molar-refractivity contribution is -0.302. The standard InChI is InChI=1S/C59H105NO8/c1-3-5-7-9-11-13-15-17-19-21-23-25-27-29-31-33-35-37-39-41-43-45-47-49-55(63)60-52(51-67-59-58(66)57(65)56(64)54(50-61)68-59)53(62)48-46-44-42-40-38-36-34-32-30-28-26-24-22-20-18-16-14-12-10-8-6-4-2/h5,7,11,13,17,19,23,25,38,40,46,48,52-54,56-59,61-62,64-66H,3-4,6,8-10,12,14-16,18,20-22,24,26-37,39,41-45,47,49-51H2,1-2H3,(H,60,63)/b7-5-,13-11-,19-17-,25-23-,40-38+,48-46+. The van der Waals surface area contributed by atoms with Gasteiger partial charge in [-0.15, -0.1) is 0 Å². The molecular weight excluding hydrogens is 851 g/mol. The average Bonchev–Trinajstić information content (AvgIpc) is 3.34. The molecule has 0 aliphatic carbocycles. The molecule has 7 unspecified atom stereocenters. The molecule has 7 atom stereocenters. The lowest BCUT2D eigenvalue weighted by atomic mass is 9.99. The van der Waals surface area contributed by atoms with Gasteiger partial charge in [-0.1, -0.05) is 234 Å². The molecule has 1 rings (SSSR count). The minimum Gasteiger partial charge on any atom is -0.394 e. The van der Waals surface area contributed by atoms with Crippen LogP contribution >= 0.6 is 0 Å². The average molecular weight is 956 g/mol. The van der Waals surface area contributed by atoms with Gasteiger partial charge in [-0.25, -0.2) is 0 Å². The maximum Gasteiger partial charge on any atom is 0.220 e.